The monoisotopic (exact) mass is 506 g/mol. The minimum Gasteiger partial charge on any atom is -0.480 e. The Morgan fingerprint density at radius 3 is 2.65 bits per heavy atom. The number of halogens is 2. The van der Waals surface area contributed by atoms with Gasteiger partial charge in [-0.1, -0.05) is 39.8 Å². The fourth-order valence-electron chi connectivity index (χ4n) is 2.98. The molecule has 0 radical (unpaired) electrons. The molecule has 3 aromatic rings. The van der Waals surface area contributed by atoms with Crippen LogP contribution in [-0.4, -0.2) is 26.4 Å². The fourth-order valence-corrected chi connectivity index (χ4v) is 4.10. The highest BCUT2D eigenvalue weighted by molar-refractivity contribution is 9.10. The standard InChI is InChI=1S/C22H24BrFN4O2S/c1-13(2)28-21(15(4)30-19-8-6-5-7-18(19)24)26-27-22(28)31-12-20(29)25-16-9-10-17(23)14(3)11-16/h5-11,13,15H,12H2,1-4H3,(H,25,29). The van der Waals surface area contributed by atoms with Crippen LogP contribution in [0.1, 0.15) is 44.3 Å². The van der Waals surface area contributed by atoms with E-state index in [0.717, 1.165) is 15.7 Å². The Hall–Kier alpha value is -2.39. The molecule has 3 rings (SSSR count). The molecule has 1 heterocycles. The molecule has 0 saturated carbocycles. The van der Waals surface area contributed by atoms with Crippen LogP contribution in [0.25, 0.3) is 0 Å². The van der Waals surface area contributed by atoms with Crippen molar-refractivity contribution in [3.8, 4) is 5.75 Å². The van der Waals surface area contributed by atoms with Crippen LogP contribution in [0.4, 0.5) is 10.1 Å². The second-order valence-corrected chi connectivity index (χ2v) is 9.09. The van der Waals surface area contributed by atoms with Crippen molar-refractivity contribution in [1.29, 1.82) is 0 Å². The molecule has 0 aliphatic carbocycles. The first-order valence-electron chi connectivity index (χ1n) is 9.81. The maximum atomic E-state index is 13.9. The number of carbonyl (C=O) groups is 1. The number of amides is 1. The SMILES string of the molecule is Cc1cc(NC(=O)CSc2nnc(C(C)Oc3ccccc3F)n2C(C)C)ccc1Br. The molecular formula is C22H24BrFN4O2S. The number of hydrogen-bond donors (Lipinski definition) is 1. The molecule has 1 aromatic heterocycles. The van der Waals surface area contributed by atoms with Crippen LogP contribution in [-0.2, 0) is 4.79 Å². The average molecular weight is 507 g/mol. The van der Waals surface area contributed by atoms with Crippen LogP contribution < -0.4 is 10.1 Å². The molecule has 6 nitrogen and oxygen atoms in total. The number of benzene rings is 2. The second kappa shape index (κ2) is 10.3. The summed E-state index contributed by atoms with van der Waals surface area (Å²) in [5, 5.41) is 12.0. The van der Waals surface area contributed by atoms with Gasteiger partial charge in [0.2, 0.25) is 5.91 Å². The molecule has 0 aliphatic rings. The Balaban J connectivity index is 1.69. The van der Waals surface area contributed by atoms with Crippen molar-refractivity contribution in [2.45, 2.75) is 45.0 Å². The molecule has 9 heteroatoms. The first-order valence-corrected chi connectivity index (χ1v) is 11.6. The number of aryl methyl sites for hydroxylation is 1. The average Bonchev–Trinajstić information content (AvgIpc) is 3.15. The summed E-state index contributed by atoms with van der Waals surface area (Å²) in [6.45, 7) is 7.76. The minimum atomic E-state index is -0.513. The maximum Gasteiger partial charge on any atom is 0.234 e. The van der Waals surface area contributed by atoms with Gasteiger partial charge in [0.15, 0.2) is 28.7 Å². The van der Waals surface area contributed by atoms with E-state index in [0.29, 0.717) is 11.0 Å². The number of rotatable bonds is 8. The summed E-state index contributed by atoms with van der Waals surface area (Å²) in [6.07, 6.45) is -0.513. The number of ether oxygens (including phenoxy) is 1. The third kappa shape index (κ3) is 5.86. The highest BCUT2D eigenvalue weighted by Gasteiger charge is 2.22. The van der Waals surface area contributed by atoms with E-state index in [-0.39, 0.29) is 23.5 Å². The zero-order chi connectivity index (χ0) is 22.5. The van der Waals surface area contributed by atoms with Crippen molar-refractivity contribution in [2.24, 2.45) is 0 Å². The molecule has 0 fully saturated rings. The molecule has 1 amide bonds. The van der Waals surface area contributed by atoms with Gasteiger partial charge in [0, 0.05) is 16.2 Å². The molecule has 1 N–H and O–H groups in total. The van der Waals surface area contributed by atoms with E-state index in [1.165, 1.54) is 17.8 Å². The Kier molecular flexibility index (Phi) is 7.72. The minimum absolute atomic E-state index is 0.0383. The lowest BCUT2D eigenvalue weighted by molar-refractivity contribution is -0.113. The van der Waals surface area contributed by atoms with E-state index in [4.69, 9.17) is 4.74 Å². The lowest BCUT2D eigenvalue weighted by Gasteiger charge is -2.19. The number of carbonyl (C=O) groups excluding carboxylic acids is 1. The van der Waals surface area contributed by atoms with Gasteiger partial charge in [-0.05, 0) is 63.6 Å². The molecule has 1 atom stereocenters. The predicted octanol–water partition coefficient (Wildman–Crippen LogP) is 5.94. The van der Waals surface area contributed by atoms with Gasteiger partial charge in [0.1, 0.15) is 0 Å². The van der Waals surface area contributed by atoms with E-state index >= 15 is 0 Å². The normalized spacial score (nSPS) is 12.1. The van der Waals surface area contributed by atoms with Crippen LogP contribution >= 0.6 is 27.7 Å². The molecule has 0 spiro atoms. The fraction of sp³-hybridized carbons (Fsp3) is 0.318. The van der Waals surface area contributed by atoms with Crippen molar-refractivity contribution in [2.75, 3.05) is 11.1 Å². The molecule has 164 valence electrons. The number of nitrogens with one attached hydrogen (secondary N) is 1. The molecular weight excluding hydrogens is 483 g/mol. The summed E-state index contributed by atoms with van der Waals surface area (Å²) >= 11 is 4.75. The zero-order valence-corrected chi connectivity index (χ0v) is 20.1. The largest absolute Gasteiger partial charge is 0.480 e. The van der Waals surface area contributed by atoms with Crippen molar-refractivity contribution in [3.63, 3.8) is 0 Å². The number of aromatic nitrogens is 3. The lowest BCUT2D eigenvalue weighted by atomic mass is 10.2. The van der Waals surface area contributed by atoms with Gasteiger partial charge in [-0.2, -0.15) is 0 Å². The van der Waals surface area contributed by atoms with Crippen molar-refractivity contribution in [3.05, 3.63) is 64.1 Å². The number of para-hydroxylation sites is 1. The highest BCUT2D eigenvalue weighted by Crippen LogP contribution is 2.29. The number of nitrogens with zero attached hydrogens (tertiary/aromatic N) is 3. The van der Waals surface area contributed by atoms with Crippen molar-refractivity contribution < 1.29 is 13.9 Å². The van der Waals surface area contributed by atoms with Gasteiger partial charge in [-0.25, -0.2) is 4.39 Å². The van der Waals surface area contributed by atoms with Crippen molar-refractivity contribution >= 4 is 39.3 Å². The first-order chi connectivity index (χ1) is 14.8. The number of anilines is 1. The van der Waals surface area contributed by atoms with E-state index in [1.807, 2.05) is 43.5 Å². The van der Waals surface area contributed by atoms with Gasteiger partial charge < -0.3 is 14.6 Å². The third-order valence-corrected chi connectivity index (χ3v) is 6.32. The van der Waals surface area contributed by atoms with Crippen molar-refractivity contribution in [1.82, 2.24) is 14.8 Å². The second-order valence-electron chi connectivity index (χ2n) is 7.30. The van der Waals surface area contributed by atoms with Gasteiger partial charge in [0.25, 0.3) is 0 Å². The highest BCUT2D eigenvalue weighted by atomic mass is 79.9. The van der Waals surface area contributed by atoms with E-state index < -0.39 is 11.9 Å². The summed E-state index contributed by atoms with van der Waals surface area (Å²) in [6, 6.07) is 11.9. The quantitative estimate of drug-likeness (QED) is 0.382. The summed E-state index contributed by atoms with van der Waals surface area (Å²) in [5.41, 5.74) is 1.78. The Morgan fingerprint density at radius 1 is 1.23 bits per heavy atom. The van der Waals surface area contributed by atoms with Gasteiger partial charge in [0.05, 0.1) is 5.75 Å². The Morgan fingerprint density at radius 2 is 1.97 bits per heavy atom. The molecule has 0 aliphatic heterocycles. The summed E-state index contributed by atoms with van der Waals surface area (Å²) < 4.78 is 22.6. The number of hydrogen-bond acceptors (Lipinski definition) is 5. The van der Waals surface area contributed by atoms with Crippen LogP contribution in [0.3, 0.4) is 0 Å². The first kappa shape index (κ1) is 23.3. The summed E-state index contributed by atoms with van der Waals surface area (Å²) in [7, 11) is 0. The van der Waals surface area contributed by atoms with E-state index in [2.05, 4.69) is 31.4 Å². The van der Waals surface area contributed by atoms with Gasteiger partial charge in [-0.3, -0.25) is 4.79 Å². The summed E-state index contributed by atoms with van der Waals surface area (Å²) in [5.74, 6) is 0.348. The molecule has 0 bridgehead atoms. The predicted molar refractivity (Wildman–Crippen MR) is 124 cm³/mol. The molecule has 31 heavy (non-hydrogen) atoms. The number of thioether (sulfide) groups is 1. The van der Waals surface area contributed by atoms with Gasteiger partial charge in [-0.15, -0.1) is 10.2 Å². The Bertz CT molecular complexity index is 1070. The van der Waals surface area contributed by atoms with Gasteiger partial charge >= 0.3 is 0 Å². The van der Waals surface area contributed by atoms with Crippen LogP contribution in [0.5, 0.6) is 5.75 Å². The smallest absolute Gasteiger partial charge is 0.234 e. The van der Waals surface area contributed by atoms with E-state index in [9.17, 15) is 9.18 Å². The lowest BCUT2D eigenvalue weighted by Crippen LogP contribution is -2.17. The maximum absolute atomic E-state index is 13.9. The Labute approximate surface area is 193 Å². The molecule has 0 saturated heterocycles. The molecule has 1 unspecified atom stereocenters. The van der Waals surface area contributed by atoms with E-state index in [1.54, 1.807) is 25.1 Å². The molecule has 2 aromatic carbocycles. The van der Waals surface area contributed by atoms with Crippen LogP contribution in [0.2, 0.25) is 0 Å². The zero-order valence-electron chi connectivity index (χ0n) is 17.7. The topological polar surface area (TPSA) is 69.0 Å². The third-order valence-electron chi connectivity index (χ3n) is 4.49. The van der Waals surface area contributed by atoms with Crippen LogP contribution in [0.15, 0.2) is 52.1 Å². The van der Waals surface area contributed by atoms with Crippen LogP contribution in [0, 0.1) is 12.7 Å². The summed E-state index contributed by atoms with van der Waals surface area (Å²) in [4.78, 5) is 12.4.